The highest BCUT2D eigenvalue weighted by Crippen LogP contribution is 2.25. The third kappa shape index (κ3) is 15.9. The number of amides is 2. The Balaban J connectivity index is 1.79. The van der Waals surface area contributed by atoms with Crippen molar-refractivity contribution < 1.29 is 40.2 Å². The van der Waals surface area contributed by atoms with Crippen LogP contribution in [-0.4, -0.2) is 98.6 Å². The third-order valence-corrected chi connectivity index (χ3v) is 9.25. The van der Waals surface area contributed by atoms with Gasteiger partial charge in [0.25, 0.3) is 0 Å². The molecule has 266 valence electrons. The van der Waals surface area contributed by atoms with E-state index < -0.39 is 61.4 Å². The van der Waals surface area contributed by atoms with Gasteiger partial charge in [-0.05, 0) is 44.1 Å². The van der Waals surface area contributed by atoms with Crippen LogP contribution in [0, 0.1) is 0 Å². The Morgan fingerprint density at radius 3 is 1.96 bits per heavy atom. The molecule has 10 nitrogen and oxygen atoms in total. The quantitative estimate of drug-likeness (QED) is 0.0729. The van der Waals surface area contributed by atoms with Crippen molar-refractivity contribution in [3.8, 4) is 0 Å². The van der Waals surface area contributed by atoms with E-state index in [1.165, 1.54) is 63.4 Å². The highest BCUT2D eigenvalue weighted by Gasteiger charge is 2.43. The lowest BCUT2D eigenvalue weighted by Gasteiger charge is -2.40. The van der Waals surface area contributed by atoms with E-state index in [9.17, 15) is 35.4 Å². The Labute approximate surface area is 277 Å². The fraction of sp³-hybridized carbons (Fsp3) is 0.806. The van der Waals surface area contributed by atoms with Crippen molar-refractivity contribution in [3.63, 3.8) is 0 Å². The summed E-state index contributed by atoms with van der Waals surface area (Å²) in [6.45, 7) is 2.16. The molecular formula is C36H64N2O8. The van der Waals surface area contributed by atoms with Crippen LogP contribution in [0.1, 0.15) is 122 Å². The van der Waals surface area contributed by atoms with Crippen molar-refractivity contribution in [1.29, 1.82) is 0 Å². The molecule has 0 radical (unpaired) electrons. The molecule has 1 aliphatic heterocycles. The van der Waals surface area contributed by atoms with Crippen molar-refractivity contribution in [3.05, 3.63) is 35.9 Å². The molecule has 0 aromatic heterocycles. The number of ether oxygens (including phenoxy) is 1. The van der Waals surface area contributed by atoms with E-state index in [1.54, 1.807) is 0 Å². The molecule has 1 aliphatic rings. The lowest BCUT2D eigenvalue weighted by atomic mass is 9.90. The topological polar surface area (TPSA) is 172 Å². The highest BCUT2D eigenvalue weighted by atomic mass is 16.5. The molecule has 0 saturated carbocycles. The second-order valence-electron chi connectivity index (χ2n) is 13.1. The standard InChI is InChI=1S/C36H64N2O8/c1-2-3-4-5-6-7-8-9-10-11-12-16-22-29(40)32(41)28(23-24-30-33(42)35(44)34(43)31(26-39)46-30)38-36(45)37-25-18-17-21-27-19-14-13-15-20-27/h13-15,19-20,28-35,39-44H,2-12,16-18,21-26H2,1H3,(H2,37,38,45)/t28-,29+,30+,31+,32-,33-,34-,35+/m0/s1. The number of hydrogen-bond acceptors (Lipinski definition) is 8. The van der Waals surface area contributed by atoms with Crippen LogP contribution in [0.4, 0.5) is 4.79 Å². The van der Waals surface area contributed by atoms with Crippen LogP contribution >= 0.6 is 0 Å². The number of aryl methyl sites for hydroxylation is 1. The van der Waals surface area contributed by atoms with Crippen molar-refractivity contribution >= 4 is 6.03 Å². The second-order valence-corrected chi connectivity index (χ2v) is 13.1. The Kier molecular flexibility index (Phi) is 21.4. The maximum Gasteiger partial charge on any atom is 0.315 e. The molecule has 1 saturated heterocycles. The fourth-order valence-electron chi connectivity index (χ4n) is 6.24. The van der Waals surface area contributed by atoms with Gasteiger partial charge >= 0.3 is 6.03 Å². The number of carbonyl (C=O) groups is 1. The van der Waals surface area contributed by atoms with Crippen LogP contribution in [0.15, 0.2) is 30.3 Å². The van der Waals surface area contributed by atoms with Crippen LogP contribution < -0.4 is 10.6 Å². The molecule has 0 unspecified atom stereocenters. The second kappa shape index (κ2) is 24.4. The molecular weight excluding hydrogens is 588 g/mol. The summed E-state index contributed by atoms with van der Waals surface area (Å²) in [7, 11) is 0. The normalized spacial score (nSPS) is 23.5. The summed E-state index contributed by atoms with van der Waals surface area (Å²) in [4.78, 5) is 12.8. The number of hydrogen-bond donors (Lipinski definition) is 8. The molecule has 1 aromatic carbocycles. The Morgan fingerprint density at radius 2 is 1.35 bits per heavy atom. The molecule has 0 spiro atoms. The van der Waals surface area contributed by atoms with Gasteiger partial charge in [-0.15, -0.1) is 0 Å². The summed E-state index contributed by atoms with van der Waals surface area (Å²) in [5.41, 5.74) is 1.24. The lowest BCUT2D eigenvalue weighted by Crippen LogP contribution is -2.59. The summed E-state index contributed by atoms with van der Waals surface area (Å²) >= 11 is 0. The third-order valence-electron chi connectivity index (χ3n) is 9.25. The van der Waals surface area contributed by atoms with Gasteiger partial charge in [-0.1, -0.05) is 114 Å². The van der Waals surface area contributed by atoms with Gasteiger partial charge in [0.2, 0.25) is 0 Å². The number of rotatable bonds is 25. The van der Waals surface area contributed by atoms with Crippen LogP contribution in [0.2, 0.25) is 0 Å². The first kappa shape index (κ1) is 40.4. The average molecular weight is 653 g/mol. The predicted octanol–water partition coefficient (Wildman–Crippen LogP) is 4.11. The molecule has 0 bridgehead atoms. The number of carbonyl (C=O) groups excluding carboxylic acids is 1. The van der Waals surface area contributed by atoms with Crippen molar-refractivity contribution in [2.24, 2.45) is 0 Å². The minimum Gasteiger partial charge on any atom is -0.394 e. The van der Waals surface area contributed by atoms with Gasteiger partial charge in [0.15, 0.2) is 0 Å². The van der Waals surface area contributed by atoms with Gasteiger partial charge in [0, 0.05) is 6.54 Å². The van der Waals surface area contributed by atoms with Gasteiger partial charge in [-0.2, -0.15) is 0 Å². The van der Waals surface area contributed by atoms with E-state index in [0.717, 1.165) is 38.5 Å². The molecule has 8 atom stereocenters. The molecule has 1 heterocycles. The first-order chi connectivity index (χ1) is 22.3. The molecule has 1 aromatic rings. The SMILES string of the molecule is CCCCCCCCCCCCCC[C@@H](O)[C@@H](O)[C@H](CC[C@H]1O[C@H](CO)[C@H](O)[C@H](O)[C@H]1O)NC(=O)NCCCCc1ccccc1. The first-order valence-corrected chi connectivity index (χ1v) is 18.0. The molecule has 2 amide bonds. The number of unbranched alkanes of at least 4 members (excludes halogenated alkanes) is 12. The molecule has 8 N–H and O–H groups in total. The van der Waals surface area contributed by atoms with Gasteiger partial charge in [0.1, 0.15) is 30.5 Å². The fourth-order valence-corrected chi connectivity index (χ4v) is 6.24. The van der Waals surface area contributed by atoms with Crippen LogP contribution in [0.3, 0.4) is 0 Å². The minimum atomic E-state index is -1.50. The van der Waals surface area contributed by atoms with E-state index >= 15 is 0 Å². The van der Waals surface area contributed by atoms with Crippen LogP contribution in [0.5, 0.6) is 0 Å². The summed E-state index contributed by atoms with van der Waals surface area (Å²) in [6, 6.07) is 8.83. The number of urea groups is 1. The average Bonchev–Trinajstić information content (AvgIpc) is 3.06. The largest absolute Gasteiger partial charge is 0.394 e. The number of aliphatic hydroxyl groups is 6. The van der Waals surface area contributed by atoms with Gasteiger partial charge in [-0.3, -0.25) is 0 Å². The van der Waals surface area contributed by atoms with E-state index in [-0.39, 0.29) is 12.8 Å². The van der Waals surface area contributed by atoms with Crippen LogP contribution in [0.25, 0.3) is 0 Å². The number of benzene rings is 1. The van der Waals surface area contributed by atoms with Crippen molar-refractivity contribution in [1.82, 2.24) is 10.6 Å². The molecule has 46 heavy (non-hydrogen) atoms. The van der Waals surface area contributed by atoms with E-state index in [1.807, 2.05) is 18.2 Å². The maximum absolute atomic E-state index is 12.8. The summed E-state index contributed by atoms with van der Waals surface area (Å²) in [5.74, 6) is 0. The Hall–Kier alpha value is -1.79. The zero-order chi connectivity index (χ0) is 33.6. The maximum atomic E-state index is 12.8. The molecule has 10 heteroatoms. The zero-order valence-corrected chi connectivity index (χ0v) is 28.1. The van der Waals surface area contributed by atoms with E-state index in [0.29, 0.717) is 13.0 Å². The monoisotopic (exact) mass is 652 g/mol. The van der Waals surface area contributed by atoms with E-state index in [4.69, 9.17) is 4.74 Å². The molecule has 2 rings (SSSR count). The van der Waals surface area contributed by atoms with Crippen LogP contribution in [-0.2, 0) is 11.2 Å². The van der Waals surface area contributed by atoms with Crippen molar-refractivity contribution in [2.45, 2.75) is 171 Å². The smallest absolute Gasteiger partial charge is 0.315 e. The number of nitrogens with one attached hydrogen (secondary N) is 2. The number of aliphatic hydroxyl groups excluding tert-OH is 6. The Bertz CT molecular complexity index is 892. The lowest BCUT2D eigenvalue weighted by molar-refractivity contribution is -0.231. The summed E-state index contributed by atoms with van der Waals surface area (Å²) in [6.07, 6.45) is 9.03. The predicted molar refractivity (Wildman–Crippen MR) is 180 cm³/mol. The van der Waals surface area contributed by atoms with Crippen molar-refractivity contribution in [2.75, 3.05) is 13.2 Å². The van der Waals surface area contributed by atoms with Gasteiger partial charge in [0.05, 0.1) is 24.9 Å². The highest BCUT2D eigenvalue weighted by molar-refractivity contribution is 5.74. The molecule has 1 fully saturated rings. The first-order valence-electron chi connectivity index (χ1n) is 18.0. The summed E-state index contributed by atoms with van der Waals surface area (Å²) in [5, 5.41) is 67.8. The molecule has 0 aliphatic carbocycles. The summed E-state index contributed by atoms with van der Waals surface area (Å²) < 4.78 is 5.62. The van der Waals surface area contributed by atoms with E-state index in [2.05, 4.69) is 29.7 Å². The minimum absolute atomic E-state index is 0.117. The van der Waals surface area contributed by atoms with Gasteiger partial charge in [-0.25, -0.2) is 4.79 Å². The van der Waals surface area contributed by atoms with Gasteiger partial charge < -0.3 is 46.0 Å². The Morgan fingerprint density at radius 1 is 0.761 bits per heavy atom. The zero-order valence-electron chi connectivity index (χ0n) is 28.1.